The lowest BCUT2D eigenvalue weighted by Crippen LogP contribution is -2.35. The highest BCUT2D eigenvalue weighted by Gasteiger charge is 2.27. The van der Waals surface area contributed by atoms with Gasteiger partial charge in [-0.25, -0.2) is 0 Å². The molecule has 0 saturated heterocycles. The van der Waals surface area contributed by atoms with Gasteiger partial charge in [0.1, 0.15) is 6.10 Å². The first-order valence-electron chi connectivity index (χ1n) is 6.39. The smallest absolute Gasteiger partial charge is 0.158 e. The van der Waals surface area contributed by atoms with Crippen molar-refractivity contribution in [2.24, 2.45) is 5.92 Å². The molecule has 0 spiro atoms. The molecule has 1 aromatic carbocycles. The van der Waals surface area contributed by atoms with Gasteiger partial charge in [-0.3, -0.25) is 4.79 Å². The van der Waals surface area contributed by atoms with Crippen LogP contribution < -0.4 is 0 Å². The third-order valence-electron chi connectivity index (χ3n) is 3.20. The molecule has 0 saturated carbocycles. The Morgan fingerprint density at radius 2 is 1.79 bits per heavy atom. The first-order valence-corrected chi connectivity index (χ1v) is 6.39. The number of ketones is 1. The van der Waals surface area contributed by atoms with Gasteiger partial charge in [0.15, 0.2) is 5.78 Å². The Labute approximate surface area is 115 Å². The summed E-state index contributed by atoms with van der Waals surface area (Å²) in [7, 11) is 3.19. The third-order valence-corrected chi connectivity index (χ3v) is 3.20. The number of carbonyl (C=O) groups excluding carboxylic acids is 1. The van der Waals surface area contributed by atoms with Crippen LogP contribution in [0.2, 0.25) is 0 Å². The van der Waals surface area contributed by atoms with Gasteiger partial charge in [-0.1, -0.05) is 49.4 Å². The Balaban J connectivity index is 2.77. The van der Waals surface area contributed by atoms with Gasteiger partial charge < -0.3 is 9.47 Å². The maximum Gasteiger partial charge on any atom is 0.158 e. The number of methoxy groups -OCH3 is 2. The molecule has 0 amide bonds. The summed E-state index contributed by atoms with van der Waals surface area (Å²) >= 11 is 0. The van der Waals surface area contributed by atoms with Gasteiger partial charge in [0, 0.05) is 20.1 Å². The summed E-state index contributed by atoms with van der Waals surface area (Å²) in [6, 6.07) is 9.99. The van der Waals surface area contributed by atoms with Crippen molar-refractivity contribution in [3.63, 3.8) is 0 Å². The Morgan fingerprint density at radius 1 is 1.16 bits per heavy atom. The number of hydrogen-bond acceptors (Lipinski definition) is 3. The lowest BCUT2D eigenvalue weighted by molar-refractivity contribution is -0.131. The van der Waals surface area contributed by atoms with Crippen LogP contribution in [0.3, 0.4) is 0 Å². The zero-order valence-electron chi connectivity index (χ0n) is 12.0. The highest BCUT2D eigenvalue weighted by Crippen LogP contribution is 2.17. The Bertz CT molecular complexity index is 411. The molecule has 0 aliphatic rings. The second kappa shape index (κ2) is 7.87. The summed E-state index contributed by atoms with van der Waals surface area (Å²) in [5.41, 5.74) is 1.11. The first kappa shape index (κ1) is 15.6. The quantitative estimate of drug-likeness (QED) is 0.758. The Morgan fingerprint density at radius 3 is 2.26 bits per heavy atom. The van der Waals surface area contributed by atoms with E-state index in [0.717, 1.165) is 5.56 Å². The van der Waals surface area contributed by atoms with E-state index >= 15 is 0 Å². The van der Waals surface area contributed by atoms with E-state index in [1.165, 1.54) is 6.92 Å². The van der Waals surface area contributed by atoms with Gasteiger partial charge in [-0.15, -0.1) is 0 Å². The maximum absolute atomic E-state index is 11.5. The van der Waals surface area contributed by atoms with Crippen molar-refractivity contribution in [2.75, 3.05) is 14.2 Å². The van der Waals surface area contributed by atoms with Crippen molar-refractivity contribution in [2.45, 2.75) is 26.1 Å². The summed E-state index contributed by atoms with van der Waals surface area (Å²) < 4.78 is 10.7. The molecule has 19 heavy (non-hydrogen) atoms. The van der Waals surface area contributed by atoms with Crippen LogP contribution in [0.15, 0.2) is 36.4 Å². The average Bonchev–Trinajstić information content (AvgIpc) is 2.41. The highest BCUT2D eigenvalue weighted by molar-refractivity contribution is 5.80. The fraction of sp³-hybridized carbons (Fsp3) is 0.438. The average molecular weight is 262 g/mol. The number of benzene rings is 1. The minimum Gasteiger partial charge on any atom is -0.377 e. The number of Topliss-reactive ketones (excluding diaryl/α,β-unsaturated/α-hetero) is 1. The fourth-order valence-corrected chi connectivity index (χ4v) is 2.16. The van der Waals surface area contributed by atoms with E-state index in [2.05, 4.69) is 0 Å². The van der Waals surface area contributed by atoms with Gasteiger partial charge >= 0.3 is 0 Å². The van der Waals surface area contributed by atoms with Gasteiger partial charge in [-0.05, 0) is 12.5 Å². The monoisotopic (exact) mass is 262 g/mol. The predicted octanol–water partition coefficient (Wildman–Crippen LogP) is 2.95. The van der Waals surface area contributed by atoms with Crippen molar-refractivity contribution in [3.8, 4) is 0 Å². The summed E-state index contributed by atoms with van der Waals surface area (Å²) in [6.45, 7) is 3.50. The van der Waals surface area contributed by atoms with Crippen LogP contribution >= 0.6 is 0 Å². The second-order valence-corrected chi connectivity index (χ2v) is 4.60. The summed E-state index contributed by atoms with van der Waals surface area (Å²) in [5, 5.41) is 0. The SMILES string of the molecule is CO[C@@H](/C=C/c1ccccc1)[C@@H](C)[C@@H](OC)C(C)=O. The zero-order chi connectivity index (χ0) is 14.3. The van der Waals surface area contributed by atoms with E-state index in [1.54, 1.807) is 14.2 Å². The normalized spacial score (nSPS) is 16.2. The Hall–Kier alpha value is -1.45. The molecule has 104 valence electrons. The highest BCUT2D eigenvalue weighted by atomic mass is 16.5. The summed E-state index contributed by atoms with van der Waals surface area (Å²) in [5.74, 6) is -0.0161. The van der Waals surface area contributed by atoms with Crippen LogP contribution in [-0.2, 0) is 14.3 Å². The molecular weight excluding hydrogens is 240 g/mol. The van der Waals surface area contributed by atoms with Gasteiger partial charge in [0.05, 0.1) is 6.10 Å². The Kier molecular flexibility index (Phi) is 6.46. The fourth-order valence-electron chi connectivity index (χ4n) is 2.16. The van der Waals surface area contributed by atoms with E-state index in [4.69, 9.17) is 9.47 Å². The van der Waals surface area contributed by atoms with Crippen molar-refractivity contribution in [1.29, 1.82) is 0 Å². The van der Waals surface area contributed by atoms with Crippen LogP contribution in [0.4, 0.5) is 0 Å². The van der Waals surface area contributed by atoms with E-state index < -0.39 is 6.10 Å². The molecule has 0 unspecified atom stereocenters. The van der Waals surface area contributed by atoms with E-state index in [9.17, 15) is 4.79 Å². The summed E-state index contributed by atoms with van der Waals surface area (Å²) in [4.78, 5) is 11.5. The van der Waals surface area contributed by atoms with Crippen LogP contribution in [-0.4, -0.2) is 32.2 Å². The van der Waals surface area contributed by atoms with Crippen LogP contribution in [0, 0.1) is 5.92 Å². The standard InChI is InChI=1S/C16H22O3/c1-12(16(19-4)13(2)17)15(18-3)11-10-14-8-6-5-7-9-14/h5-12,15-16H,1-4H3/b11-10+/t12-,15+,16-/m1/s1. The molecule has 0 aliphatic carbocycles. The molecule has 3 heteroatoms. The number of carbonyl (C=O) groups is 1. The molecule has 0 fully saturated rings. The van der Waals surface area contributed by atoms with E-state index in [0.29, 0.717) is 0 Å². The number of rotatable bonds is 7. The van der Waals surface area contributed by atoms with Crippen molar-refractivity contribution < 1.29 is 14.3 Å². The zero-order valence-corrected chi connectivity index (χ0v) is 12.0. The van der Waals surface area contributed by atoms with Crippen LogP contribution in [0.1, 0.15) is 19.4 Å². The lowest BCUT2D eigenvalue weighted by atomic mass is 9.94. The molecule has 1 rings (SSSR count). The van der Waals surface area contributed by atoms with Gasteiger partial charge in [0.2, 0.25) is 0 Å². The van der Waals surface area contributed by atoms with E-state index in [1.807, 2.05) is 49.4 Å². The molecule has 0 aromatic heterocycles. The molecule has 0 aliphatic heterocycles. The van der Waals surface area contributed by atoms with Crippen molar-refractivity contribution >= 4 is 11.9 Å². The maximum atomic E-state index is 11.5. The number of ether oxygens (including phenoxy) is 2. The lowest BCUT2D eigenvalue weighted by Gasteiger charge is -2.25. The van der Waals surface area contributed by atoms with Crippen molar-refractivity contribution in [1.82, 2.24) is 0 Å². The molecule has 3 nitrogen and oxygen atoms in total. The molecule has 1 aromatic rings. The molecule has 0 heterocycles. The molecule has 3 atom stereocenters. The minimum absolute atomic E-state index is 0.0187. The molecule has 0 radical (unpaired) electrons. The second-order valence-electron chi connectivity index (χ2n) is 4.60. The molecule has 0 bridgehead atoms. The number of hydrogen-bond donors (Lipinski definition) is 0. The largest absolute Gasteiger partial charge is 0.377 e. The van der Waals surface area contributed by atoms with Crippen LogP contribution in [0.5, 0.6) is 0 Å². The summed E-state index contributed by atoms with van der Waals surface area (Å²) in [6.07, 6.45) is 3.37. The molecular formula is C16H22O3. The van der Waals surface area contributed by atoms with Gasteiger partial charge in [0.25, 0.3) is 0 Å². The first-order chi connectivity index (χ1) is 9.10. The third kappa shape index (κ3) is 4.62. The minimum atomic E-state index is -0.439. The topological polar surface area (TPSA) is 35.5 Å². The predicted molar refractivity (Wildman–Crippen MR) is 76.9 cm³/mol. The van der Waals surface area contributed by atoms with Gasteiger partial charge in [-0.2, -0.15) is 0 Å². The van der Waals surface area contributed by atoms with E-state index in [-0.39, 0.29) is 17.8 Å². The molecule has 0 N–H and O–H groups in total. The van der Waals surface area contributed by atoms with Crippen molar-refractivity contribution in [3.05, 3.63) is 42.0 Å². The van der Waals surface area contributed by atoms with Crippen LogP contribution in [0.25, 0.3) is 6.08 Å².